The predicted octanol–water partition coefficient (Wildman–Crippen LogP) is 5.03. The Morgan fingerprint density at radius 3 is 2.33 bits per heavy atom. The van der Waals surface area contributed by atoms with E-state index in [4.69, 9.17) is 16.3 Å². The zero-order chi connectivity index (χ0) is 14.9. The Hall–Kier alpha value is -1.67. The molecule has 0 saturated heterocycles. The van der Waals surface area contributed by atoms with Crippen molar-refractivity contribution in [2.75, 3.05) is 24.6 Å². The van der Waals surface area contributed by atoms with Gasteiger partial charge in [-0.3, -0.25) is 0 Å². The molecule has 2 aromatic carbocycles. The van der Waals surface area contributed by atoms with Crippen molar-refractivity contribution in [2.24, 2.45) is 0 Å². The number of halogens is 1. The number of nitrogens with zero attached hydrogens (tertiary/aromatic N) is 1. The zero-order valence-corrected chi connectivity index (χ0v) is 13.2. The fourth-order valence-electron chi connectivity index (χ4n) is 2.16. The number of para-hydroxylation sites is 1. The minimum Gasteiger partial charge on any atom is -0.492 e. The van der Waals surface area contributed by atoms with Crippen LogP contribution in [-0.4, -0.2) is 19.7 Å². The van der Waals surface area contributed by atoms with Crippen LogP contribution >= 0.6 is 11.6 Å². The monoisotopic (exact) mass is 303 g/mol. The van der Waals surface area contributed by atoms with Crippen LogP contribution in [0, 0.1) is 0 Å². The van der Waals surface area contributed by atoms with E-state index in [2.05, 4.69) is 36.1 Å². The Labute approximate surface area is 132 Å². The summed E-state index contributed by atoms with van der Waals surface area (Å²) in [4.78, 5) is 2.37. The first-order valence-corrected chi connectivity index (χ1v) is 7.85. The van der Waals surface area contributed by atoms with Crippen LogP contribution in [0.2, 0.25) is 5.02 Å². The molecule has 2 aromatic rings. The number of unbranched alkanes of at least 4 members (excludes halogenated alkanes) is 1. The number of hydrogen-bond acceptors (Lipinski definition) is 2. The lowest BCUT2D eigenvalue weighted by Crippen LogP contribution is -2.29. The van der Waals surface area contributed by atoms with Crippen molar-refractivity contribution in [2.45, 2.75) is 19.8 Å². The first-order chi connectivity index (χ1) is 10.3. The molecule has 0 unspecified atom stereocenters. The Balaban J connectivity index is 1.88. The highest BCUT2D eigenvalue weighted by Crippen LogP contribution is 2.17. The number of anilines is 1. The van der Waals surface area contributed by atoms with Crippen LogP contribution in [0.15, 0.2) is 54.6 Å². The normalized spacial score (nSPS) is 10.4. The standard InChI is InChI=1S/C18H22ClNO/c1-2-3-13-20(17-7-5-4-6-8-17)14-15-21-18-11-9-16(19)10-12-18/h4-12H,2-3,13-15H2,1H3. The Morgan fingerprint density at radius 2 is 1.67 bits per heavy atom. The molecule has 3 heteroatoms. The maximum Gasteiger partial charge on any atom is 0.119 e. The smallest absolute Gasteiger partial charge is 0.119 e. The van der Waals surface area contributed by atoms with Crippen LogP contribution in [0.1, 0.15) is 19.8 Å². The Morgan fingerprint density at radius 1 is 0.952 bits per heavy atom. The van der Waals surface area contributed by atoms with Gasteiger partial charge in [0.25, 0.3) is 0 Å². The second kappa shape index (κ2) is 8.58. The highest BCUT2D eigenvalue weighted by molar-refractivity contribution is 6.30. The fraction of sp³-hybridized carbons (Fsp3) is 0.333. The molecular weight excluding hydrogens is 282 g/mol. The molecule has 2 nitrogen and oxygen atoms in total. The predicted molar refractivity (Wildman–Crippen MR) is 90.5 cm³/mol. The second-order valence-electron chi connectivity index (χ2n) is 4.98. The van der Waals surface area contributed by atoms with E-state index < -0.39 is 0 Å². The number of benzene rings is 2. The minimum absolute atomic E-state index is 0.667. The summed E-state index contributed by atoms with van der Waals surface area (Å²) in [5.74, 6) is 0.864. The summed E-state index contributed by atoms with van der Waals surface area (Å²) < 4.78 is 5.79. The van der Waals surface area contributed by atoms with Gasteiger partial charge >= 0.3 is 0 Å². The molecule has 21 heavy (non-hydrogen) atoms. The fourth-order valence-corrected chi connectivity index (χ4v) is 2.29. The summed E-state index contributed by atoms with van der Waals surface area (Å²) in [6.07, 6.45) is 2.39. The first kappa shape index (κ1) is 15.7. The van der Waals surface area contributed by atoms with Crippen LogP contribution in [0.5, 0.6) is 5.75 Å². The van der Waals surface area contributed by atoms with Gasteiger partial charge in [-0.1, -0.05) is 43.1 Å². The van der Waals surface area contributed by atoms with Gasteiger partial charge in [0.15, 0.2) is 0 Å². The van der Waals surface area contributed by atoms with Gasteiger partial charge in [0.05, 0.1) is 6.54 Å². The molecule has 0 amide bonds. The largest absolute Gasteiger partial charge is 0.492 e. The lowest BCUT2D eigenvalue weighted by atomic mass is 10.2. The molecule has 2 rings (SSSR count). The van der Waals surface area contributed by atoms with Gasteiger partial charge in [0.1, 0.15) is 12.4 Å². The van der Waals surface area contributed by atoms with Gasteiger partial charge in [-0.25, -0.2) is 0 Å². The van der Waals surface area contributed by atoms with E-state index in [-0.39, 0.29) is 0 Å². The SMILES string of the molecule is CCCCN(CCOc1ccc(Cl)cc1)c1ccccc1. The lowest BCUT2D eigenvalue weighted by molar-refractivity contribution is 0.323. The van der Waals surface area contributed by atoms with Crippen LogP contribution in [0.4, 0.5) is 5.69 Å². The van der Waals surface area contributed by atoms with Crippen LogP contribution in [-0.2, 0) is 0 Å². The van der Waals surface area contributed by atoms with Crippen molar-refractivity contribution in [3.63, 3.8) is 0 Å². The Bertz CT molecular complexity index is 513. The van der Waals surface area contributed by atoms with Crippen molar-refractivity contribution in [3.05, 3.63) is 59.6 Å². The van der Waals surface area contributed by atoms with Crippen molar-refractivity contribution in [3.8, 4) is 5.75 Å². The molecule has 0 bridgehead atoms. The van der Waals surface area contributed by atoms with E-state index in [1.807, 2.05) is 30.3 Å². The lowest BCUT2D eigenvalue weighted by Gasteiger charge is -2.24. The summed E-state index contributed by atoms with van der Waals surface area (Å²) in [6.45, 7) is 4.82. The molecule has 0 fully saturated rings. The molecule has 0 atom stereocenters. The van der Waals surface area contributed by atoms with Gasteiger partial charge in [-0.15, -0.1) is 0 Å². The van der Waals surface area contributed by atoms with Crippen molar-refractivity contribution >= 4 is 17.3 Å². The molecule has 0 spiro atoms. The highest BCUT2D eigenvalue weighted by Gasteiger charge is 2.05. The third-order valence-corrected chi connectivity index (χ3v) is 3.60. The van der Waals surface area contributed by atoms with E-state index in [0.29, 0.717) is 6.61 Å². The average Bonchev–Trinajstić information content (AvgIpc) is 2.53. The molecule has 0 radical (unpaired) electrons. The molecule has 0 N–H and O–H groups in total. The topological polar surface area (TPSA) is 12.5 Å². The molecule has 0 saturated carbocycles. The van der Waals surface area contributed by atoms with E-state index in [1.54, 1.807) is 0 Å². The van der Waals surface area contributed by atoms with Gasteiger partial charge in [-0.05, 0) is 42.8 Å². The van der Waals surface area contributed by atoms with Crippen molar-refractivity contribution in [1.29, 1.82) is 0 Å². The number of rotatable bonds is 8. The third-order valence-electron chi connectivity index (χ3n) is 3.35. The number of ether oxygens (including phenoxy) is 1. The summed E-state index contributed by atoms with van der Waals surface area (Å²) in [7, 11) is 0. The summed E-state index contributed by atoms with van der Waals surface area (Å²) in [5, 5.41) is 0.733. The maximum absolute atomic E-state index is 5.87. The molecule has 0 aliphatic rings. The molecule has 0 heterocycles. The highest BCUT2D eigenvalue weighted by atomic mass is 35.5. The molecule has 0 aromatic heterocycles. The first-order valence-electron chi connectivity index (χ1n) is 7.48. The van der Waals surface area contributed by atoms with Crippen molar-refractivity contribution < 1.29 is 4.74 Å². The quantitative estimate of drug-likeness (QED) is 0.678. The van der Waals surface area contributed by atoms with Crippen LogP contribution in [0.25, 0.3) is 0 Å². The zero-order valence-electron chi connectivity index (χ0n) is 12.5. The van der Waals surface area contributed by atoms with Gasteiger partial charge in [0, 0.05) is 17.3 Å². The molecule has 0 aliphatic carbocycles. The van der Waals surface area contributed by atoms with Gasteiger partial charge in [-0.2, -0.15) is 0 Å². The third kappa shape index (κ3) is 5.31. The minimum atomic E-state index is 0.667. The molecule has 0 aliphatic heterocycles. The van der Waals surface area contributed by atoms with E-state index >= 15 is 0 Å². The molecule has 112 valence electrons. The van der Waals surface area contributed by atoms with Gasteiger partial charge < -0.3 is 9.64 Å². The summed E-state index contributed by atoms with van der Waals surface area (Å²) in [6, 6.07) is 18.0. The average molecular weight is 304 g/mol. The maximum atomic E-state index is 5.87. The van der Waals surface area contributed by atoms with E-state index in [0.717, 1.165) is 23.9 Å². The summed E-state index contributed by atoms with van der Waals surface area (Å²) in [5.41, 5.74) is 1.26. The van der Waals surface area contributed by atoms with E-state index in [9.17, 15) is 0 Å². The summed E-state index contributed by atoms with van der Waals surface area (Å²) >= 11 is 5.87. The Kier molecular flexibility index (Phi) is 6.42. The van der Waals surface area contributed by atoms with Gasteiger partial charge in [0.2, 0.25) is 0 Å². The van der Waals surface area contributed by atoms with Crippen molar-refractivity contribution in [1.82, 2.24) is 0 Å². The molecular formula is C18H22ClNO. The number of hydrogen-bond donors (Lipinski definition) is 0. The van der Waals surface area contributed by atoms with Crippen LogP contribution in [0.3, 0.4) is 0 Å². The van der Waals surface area contributed by atoms with Crippen LogP contribution < -0.4 is 9.64 Å². The van der Waals surface area contributed by atoms with E-state index in [1.165, 1.54) is 18.5 Å². The second-order valence-corrected chi connectivity index (χ2v) is 5.41.